The molecule has 1 aliphatic heterocycles. The largest absolute Gasteiger partial charge is 0.394 e. The van der Waals surface area contributed by atoms with Crippen LogP contribution in [-0.2, 0) is 38.3 Å². The molecule has 1 rings (SSSR count). The second-order valence-corrected chi connectivity index (χ2v) is 13.6. The van der Waals surface area contributed by atoms with Crippen LogP contribution < -0.4 is 38.1 Å². The van der Waals surface area contributed by atoms with E-state index in [0.717, 1.165) is 12.8 Å². The van der Waals surface area contributed by atoms with Crippen molar-refractivity contribution in [2.45, 2.75) is 127 Å². The van der Waals surface area contributed by atoms with E-state index in [4.69, 9.17) is 16.2 Å². The van der Waals surface area contributed by atoms with Gasteiger partial charge in [-0.15, -0.1) is 0 Å². The Labute approximate surface area is 322 Å². The Morgan fingerprint density at radius 3 is 2.13 bits per heavy atom. The molecule has 0 aromatic carbocycles. The van der Waals surface area contributed by atoms with E-state index in [1.807, 2.05) is 23.5 Å². The molecule has 1 fully saturated rings. The third kappa shape index (κ3) is 20.6. The number of ether oxygens (including phenoxy) is 1. The smallest absolute Gasteiger partial charge is 0.253 e. The van der Waals surface area contributed by atoms with Gasteiger partial charge in [0, 0.05) is 39.0 Å². The Balaban J connectivity index is 3.26. The number of carbonyl (C=O) groups is 7. The van der Waals surface area contributed by atoms with E-state index in [2.05, 4.69) is 34.3 Å². The van der Waals surface area contributed by atoms with Crippen molar-refractivity contribution in [3.63, 3.8) is 0 Å². The van der Waals surface area contributed by atoms with Crippen molar-refractivity contribution >= 4 is 41.4 Å². The molecular weight excluding hydrogens is 718 g/mol. The van der Waals surface area contributed by atoms with Gasteiger partial charge in [-0.2, -0.15) is 0 Å². The summed E-state index contributed by atoms with van der Waals surface area (Å²) in [4.78, 5) is 89.8. The summed E-state index contributed by atoms with van der Waals surface area (Å²) < 4.78 is 5.49. The lowest BCUT2D eigenvalue weighted by molar-refractivity contribution is -0.139. The fourth-order valence-electron chi connectivity index (χ4n) is 5.52. The maximum atomic E-state index is 13.6. The summed E-state index contributed by atoms with van der Waals surface area (Å²) in [5, 5.41) is 42.4. The van der Waals surface area contributed by atoms with Gasteiger partial charge in [0.1, 0.15) is 12.1 Å². The Bertz CT molecular complexity index is 1360. The summed E-state index contributed by atoms with van der Waals surface area (Å²) in [6.45, 7) is 2.54. The van der Waals surface area contributed by atoms with Crippen LogP contribution in [0.5, 0.6) is 0 Å². The predicted octanol–water partition coefficient (Wildman–Crippen LogP) is -1.63. The molecular formula is C37H61N7O11. The van der Waals surface area contributed by atoms with Crippen molar-refractivity contribution in [2.75, 3.05) is 20.3 Å². The van der Waals surface area contributed by atoms with Gasteiger partial charge in [0.25, 0.3) is 5.91 Å². The van der Waals surface area contributed by atoms with Gasteiger partial charge in [0.15, 0.2) is 6.04 Å². The summed E-state index contributed by atoms with van der Waals surface area (Å²) in [7, 11) is 1.46. The number of nitrogens with one attached hydrogen (secondary N) is 5. The van der Waals surface area contributed by atoms with E-state index in [0.29, 0.717) is 0 Å². The molecule has 310 valence electrons. The Morgan fingerprint density at radius 2 is 1.49 bits per heavy atom. The Hall–Kier alpha value is -4.65. The molecule has 0 saturated carbocycles. The van der Waals surface area contributed by atoms with Crippen LogP contribution in [0.25, 0.3) is 0 Å². The topological polar surface area (TPSA) is 302 Å². The number of aliphatic hydroxyl groups excluding tert-OH is 3. The number of primary amides is 2. The van der Waals surface area contributed by atoms with Crippen molar-refractivity contribution < 1.29 is 53.6 Å². The summed E-state index contributed by atoms with van der Waals surface area (Å²) in [6.07, 6.45) is 13.2. The van der Waals surface area contributed by atoms with E-state index in [1.54, 1.807) is 12.2 Å². The van der Waals surface area contributed by atoms with E-state index in [1.165, 1.54) is 39.7 Å². The molecule has 0 unspecified atom stereocenters. The Kier molecular flexibility index (Phi) is 23.8. The fourth-order valence-corrected chi connectivity index (χ4v) is 5.52. The van der Waals surface area contributed by atoms with Crippen molar-refractivity contribution in [1.29, 1.82) is 0 Å². The second kappa shape index (κ2) is 27.0. The number of carbonyl (C=O) groups excluding carboxylic acids is 7. The first-order valence-corrected chi connectivity index (χ1v) is 18.7. The maximum Gasteiger partial charge on any atom is 0.253 e. The lowest BCUT2D eigenvalue weighted by Crippen LogP contribution is -2.61. The van der Waals surface area contributed by atoms with Crippen molar-refractivity contribution in [2.24, 2.45) is 17.4 Å². The average Bonchev–Trinajstić information content (AvgIpc) is 3.12. The molecule has 18 heteroatoms. The number of allylic oxidation sites excluding steroid dienone is 5. The first-order chi connectivity index (χ1) is 26.1. The summed E-state index contributed by atoms with van der Waals surface area (Å²) in [5.74, 6) is -8.22. The highest BCUT2D eigenvalue weighted by atomic mass is 16.5. The van der Waals surface area contributed by atoms with E-state index >= 15 is 0 Å². The standard InChI is InChI=1S/C37H61N7O11/c1-4-5-6-7-8-9-10-11-12-13-14-15-27(55-3)18-25(46)16-24-17-31(49)40-21-23(2)34(51)42-29(20-30(38)48)36(53)44-32(33(39)50)37(54)43-28(35(52)41-24)19-26(47)22-45/h10-15,23-29,32,45-47H,4-9,16-22H2,1-3H3,(H2,38,48)(H2,39,50)(H,40,49)(H,41,52)(H,42,51)(H,43,54)(H,44,53)/b11-10+,13-12+,15-14+/t23-,24-,25-,26+,27-,28+,29+,32-/m1/s1. The zero-order valence-corrected chi connectivity index (χ0v) is 32.0. The molecule has 0 spiro atoms. The van der Waals surface area contributed by atoms with Crippen LogP contribution in [-0.4, -0.2) is 119 Å². The number of nitrogens with two attached hydrogens (primary N) is 2. The zero-order chi connectivity index (χ0) is 41.3. The van der Waals surface area contributed by atoms with E-state index in [9.17, 15) is 48.9 Å². The number of aliphatic hydroxyl groups is 3. The molecule has 8 atom stereocenters. The van der Waals surface area contributed by atoms with Gasteiger partial charge in [-0.1, -0.05) is 76.0 Å². The minimum Gasteiger partial charge on any atom is -0.394 e. The first-order valence-electron chi connectivity index (χ1n) is 18.7. The minimum atomic E-state index is -2.12. The highest BCUT2D eigenvalue weighted by Crippen LogP contribution is 2.13. The average molecular weight is 780 g/mol. The van der Waals surface area contributed by atoms with Crippen LogP contribution in [0.2, 0.25) is 0 Å². The van der Waals surface area contributed by atoms with Crippen molar-refractivity contribution in [1.82, 2.24) is 26.6 Å². The SMILES string of the molecule is CCCCCCC/C=C/C=C/C=C/[C@H](C[C@H](O)C[C@@H]1CC(=O)NC[C@@H](C)C(=O)N[C@@H](CC(N)=O)C(=O)N[C@H](C(N)=O)C(=O)N[C@@H](C[C@H](O)CO)C(=O)N1)OC. The number of amides is 7. The first kappa shape index (κ1) is 48.4. The van der Waals surface area contributed by atoms with Crippen LogP contribution >= 0.6 is 0 Å². The minimum absolute atomic E-state index is 0.0650. The van der Waals surface area contributed by atoms with Gasteiger partial charge in [-0.25, -0.2) is 0 Å². The molecule has 1 aliphatic rings. The number of methoxy groups -OCH3 is 1. The third-order valence-corrected chi connectivity index (χ3v) is 8.69. The summed E-state index contributed by atoms with van der Waals surface area (Å²) >= 11 is 0. The molecule has 55 heavy (non-hydrogen) atoms. The van der Waals surface area contributed by atoms with Gasteiger partial charge < -0.3 is 58.1 Å². The molecule has 1 saturated heterocycles. The van der Waals surface area contributed by atoms with Gasteiger partial charge >= 0.3 is 0 Å². The predicted molar refractivity (Wildman–Crippen MR) is 202 cm³/mol. The van der Waals surface area contributed by atoms with Crippen LogP contribution in [0.3, 0.4) is 0 Å². The fraction of sp³-hybridized carbons (Fsp3) is 0.649. The third-order valence-electron chi connectivity index (χ3n) is 8.69. The van der Waals surface area contributed by atoms with Gasteiger partial charge in [-0.05, 0) is 19.3 Å². The van der Waals surface area contributed by atoms with Crippen LogP contribution in [0.4, 0.5) is 0 Å². The molecule has 7 amide bonds. The zero-order valence-electron chi connectivity index (χ0n) is 32.0. The van der Waals surface area contributed by atoms with Gasteiger partial charge in [0.2, 0.25) is 35.4 Å². The molecule has 0 bridgehead atoms. The summed E-state index contributed by atoms with van der Waals surface area (Å²) in [5.41, 5.74) is 10.6. The number of unbranched alkanes of at least 4 members (excludes halogenated alkanes) is 5. The van der Waals surface area contributed by atoms with Crippen LogP contribution in [0.15, 0.2) is 36.5 Å². The lowest BCUT2D eigenvalue weighted by Gasteiger charge is -2.27. The molecule has 0 aromatic rings. The number of hydrogen-bond acceptors (Lipinski definition) is 11. The van der Waals surface area contributed by atoms with Crippen molar-refractivity contribution in [3.05, 3.63) is 36.5 Å². The van der Waals surface area contributed by atoms with Crippen LogP contribution in [0.1, 0.15) is 84.5 Å². The lowest BCUT2D eigenvalue weighted by atomic mass is 9.99. The molecule has 18 nitrogen and oxygen atoms in total. The molecule has 0 aliphatic carbocycles. The van der Waals surface area contributed by atoms with Crippen molar-refractivity contribution in [3.8, 4) is 0 Å². The highest BCUT2D eigenvalue weighted by Gasteiger charge is 2.35. The molecule has 0 aromatic heterocycles. The van der Waals surface area contributed by atoms with Gasteiger partial charge in [-0.3, -0.25) is 33.6 Å². The van der Waals surface area contributed by atoms with Crippen LogP contribution in [0, 0.1) is 5.92 Å². The van der Waals surface area contributed by atoms with E-state index in [-0.39, 0.29) is 19.4 Å². The number of rotatable bonds is 20. The van der Waals surface area contributed by atoms with E-state index < -0.39 is 116 Å². The molecule has 0 radical (unpaired) electrons. The molecule has 1 heterocycles. The summed E-state index contributed by atoms with van der Waals surface area (Å²) in [6, 6.07) is -6.50. The maximum absolute atomic E-state index is 13.6. The highest BCUT2D eigenvalue weighted by molar-refractivity contribution is 6.08. The molecule has 12 N–H and O–H groups in total. The quantitative estimate of drug-likeness (QED) is 0.0380. The van der Waals surface area contributed by atoms with Gasteiger partial charge in [0.05, 0.1) is 37.3 Å². The second-order valence-electron chi connectivity index (χ2n) is 13.6. The number of hydrogen-bond donors (Lipinski definition) is 10. The Morgan fingerprint density at radius 1 is 0.836 bits per heavy atom. The normalized spacial score (nSPS) is 24.0. The monoisotopic (exact) mass is 779 g/mol.